The zero-order valence-corrected chi connectivity index (χ0v) is 12.7. The molecule has 3 aliphatic heterocycles. The topological polar surface area (TPSA) is 72.9 Å². The number of hydrogen-bond donors (Lipinski definition) is 0. The van der Waals surface area contributed by atoms with Gasteiger partial charge in [-0.2, -0.15) is 0 Å². The number of carbonyl (C=O) groups is 3. The van der Waals surface area contributed by atoms with E-state index in [-0.39, 0.29) is 17.9 Å². The quantitative estimate of drug-likeness (QED) is 0.357. The van der Waals surface area contributed by atoms with Crippen LogP contribution in [0.3, 0.4) is 0 Å². The molecular formula is C17H15NO5. The van der Waals surface area contributed by atoms with Gasteiger partial charge in [-0.1, -0.05) is 12.2 Å². The van der Waals surface area contributed by atoms with Crippen LogP contribution in [-0.2, 0) is 19.1 Å². The maximum Gasteiger partial charge on any atom is 0.308 e. The van der Waals surface area contributed by atoms with Gasteiger partial charge in [0.15, 0.2) is 0 Å². The number of ether oxygens (including phenoxy) is 2. The van der Waals surface area contributed by atoms with Gasteiger partial charge in [0.1, 0.15) is 5.75 Å². The molecule has 3 heterocycles. The minimum Gasteiger partial charge on any atom is -0.427 e. The number of benzene rings is 1. The first kappa shape index (κ1) is 14.1. The molecule has 6 heteroatoms. The second-order valence-corrected chi connectivity index (χ2v) is 6.23. The number of anilines is 1. The minimum atomic E-state index is -0.700. The number of imide groups is 1. The standard InChI is InChI=1S/C17H15NO5/c1-9(19)22-11-5-3-10(4-6-11)18-15(20)13-12-7-8-17(2,23-12)14(13)16(18)21/h3-8,12-14H,1-2H3/t12-,13-,14-,17-/m1/s1. The average molecular weight is 313 g/mol. The molecule has 2 bridgehead atoms. The van der Waals surface area contributed by atoms with Gasteiger partial charge in [-0.05, 0) is 31.2 Å². The van der Waals surface area contributed by atoms with Crippen molar-refractivity contribution in [3.8, 4) is 5.75 Å². The van der Waals surface area contributed by atoms with Gasteiger partial charge in [-0.3, -0.25) is 14.4 Å². The zero-order chi connectivity index (χ0) is 16.4. The van der Waals surface area contributed by atoms with Crippen LogP contribution in [0.15, 0.2) is 36.4 Å². The Balaban J connectivity index is 1.65. The van der Waals surface area contributed by atoms with Crippen LogP contribution in [0, 0.1) is 11.8 Å². The lowest BCUT2D eigenvalue weighted by Crippen LogP contribution is -2.38. The van der Waals surface area contributed by atoms with Gasteiger partial charge >= 0.3 is 5.97 Å². The van der Waals surface area contributed by atoms with E-state index in [2.05, 4.69) is 0 Å². The summed E-state index contributed by atoms with van der Waals surface area (Å²) in [5, 5.41) is 0. The Bertz CT molecular complexity index is 753. The highest BCUT2D eigenvalue weighted by Crippen LogP contribution is 2.52. The van der Waals surface area contributed by atoms with E-state index >= 15 is 0 Å². The van der Waals surface area contributed by atoms with Crippen LogP contribution in [0.2, 0.25) is 0 Å². The molecule has 2 saturated heterocycles. The molecule has 1 aromatic carbocycles. The molecule has 6 nitrogen and oxygen atoms in total. The smallest absolute Gasteiger partial charge is 0.308 e. The van der Waals surface area contributed by atoms with Crippen molar-refractivity contribution in [3.05, 3.63) is 36.4 Å². The van der Waals surface area contributed by atoms with Gasteiger partial charge in [0, 0.05) is 6.92 Å². The Hall–Kier alpha value is -2.47. The summed E-state index contributed by atoms with van der Waals surface area (Å²) in [6, 6.07) is 6.34. The van der Waals surface area contributed by atoms with E-state index in [4.69, 9.17) is 9.47 Å². The van der Waals surface area contributed by atoms with E-state index in [9.17, 15) is 14.4 Å². The molecule has 0 radical (unpaired) electrons. The van der Waals surface area contributed by atoms with Crippen LogP contribution < -0.4 is 9.64 Å². The molecule has 3 aliphatic rings. The average Bonchev–Trinajstić information content (AvgIpc) is 3.09. The third-order valence-electron chi connectivity index (χ3n) is 4.69. The normalized spacial score (nSPS) is 34.2. The maximum atomic E-state index is 12.8. The third-order valence-corrected chi connectivity index (χ3v) is 4.69. The number of fused-ring (bicyclic) bond motifs is 5. The Labute approximate surface area is 132 Å². The Morgan fingerprint density at radius 2 is 1.91 bits per heavy atom. The van der Waals surface area contributed by atoms with Gasteiger partial charge < -0.3 is 9.47 Å². The van der Waals surface area contributed by atoms with E-state index < -0.39 is 23.4 Å². The summed E-state index contributed by atoms with van der Waals surface area (Å²) < 4.78 is 10.7. The highest BCUT2D eigenvalue weighted by Gasteiger charge is 2.65. The van der Waals surface area contributed by atoms with Crippen LogP contribution >= 0.6 is 0 Å². The van der Waals surface area contributed by atoms with E-state index in [0.29, 0.717) is 11.4 Å². The molecule has 0 unspecified atom stereocenters. The number of carbonyl (C=O) groups excluding carboxylic acids is 3. The first-order valence-electron chi connectivity index (χ1n) is 7.44. The second kappa shape index (κ2) is 4.52. The highest BCUT2D eigenvalue weighted by atomic mass is 16.5. The fraction of sp³-hybridized carbons (Fsp3) is 0.353. The Morgan fingerprint density at radius 1 is 1.22 bits per heavy atom. The van der Waals surface area contributed by atoms with Crippen LogP contribution in [0.4, 0.5) is 5.69 Å². The maximum absolute atomic E-state index is 12.8. The van der Waals surface area contributed by atoms with Crippen LogP contribution in [0.5, 0.6) is 5.75 Å². The molecule has 0 N–H and O–H groups in total. The van der Waals surface area contributed by atoms with Crippen molar-refractivity contribution >= 4 is 23.5 Å². The summed E-state index contributed by atoms with van der Waals surface area (Å²) in [4.78, 5) is 37.6. The van der Waals surface area contributed by atoms with Crippen molar-refractivity contribution in [1.29, 1.82) is 0 Å². The van der Waals surface area contributed by atoms with Crippen molar-refractivity contribution in [1.82, 2.24) is 0 Å². The van der Waals surface area contributed by atoms with Crippen molar-refractivity contribution in [2.24, 2.45) is 11.8 Å². The zero-order valence-electron chi connectivity index (χ0n) is 12.7. The molecule has 4 atom stereocenters. The summed E-state index contributed by atoms with van der Waals surface area (Å²) in [7, 11) is 0. The molecule has 0 saturated carbocycles. The highest BCUT2D eigenvalue weighted by molar-refractivity contribution is 6.23. The van der Waals surface area contributed by atoms with E-state index in [1.807, 2.05) is 19.1 Å². The first-order valence-corrected chi connectivity index (χ1v) is 7.44. The molecular weight excluding hydrogens is 298 g/mol. The van der Waals surface area contributed by atoms with Gasteiger partial charge in [0.2, 0.25) is 11.8 Å². The van der Waals surface area contributed by atoms with E-state index in [1.165, 1.54) is 11.8 Å². The van der Waals surface area contributed by atoms with Gasteiger partial charge in [0.05, 0.1) is 29.2 Å². The number of nitrogens with zero attached hydrogens (tertiary/aromatic N) is 1. The number of hydrogen-bond acceptors (Lipinski definition) is 5. The Morgan fingerprint density at radius 3 is 2.52 bits per heavy atom. The minimum absolute atomic E-state index is 0.238. The molecule has 0 aromatic heterocycles. The largest absolute Gasteiger partial charge is 0.427 e. The molecule has 118 valence electrons. The number of esters is 1. The predicted molar refractivity (Wildman–Crippen MR) is 79.6 cm³/mol. The van der Waals surface area contributed by atoms with Crippen LogP contribution in [0.25, 0.3) is 0 Å². The lowest BCUT2D eigenvalue weighted by molar-refractivity contribution is -0.132. The molecule has 4 rings (SSSR count). The Kier molecular flexibility index (Phi) is 2.78. The van der Waals surface area contributed by atoms with E-state index in [1.54, 1.807) is 24.3 Å². The second-order valence-electron chi connectivity index (χ2n) is 6.23. The number of amides is 2. The molecule has 0 aliphatic carbocycles. The van der Waals surface area contributed by atoms with Crippen molar-refractivity contribution in [2.45, 2.75) is 25.6 Å². The van der Waals surface area contributed by atoms with E-state index in [0.717, 1.165) is 0 Å². The SMILES string of the molecule is CC(=O)Oc1ccc(N2C(=O)[C@@H]3[C@H]4C=C[C@@](C)(O4)[C@H]3C2=O)cc1. The number of rotatable bonds is 2. The van der Waals surface area contributed by atoms with Gasteiger partial charge in [-0.15, -0.1) is 0 Å². The molecule has 1 aromatic rings. The summed E-state index contributed by atoms with van der Waals surface area (Å²) in [5.41, 5.74) is -0.220. The fourth-order valence-corrected chi connectivity index (χ4v) is 3.74. The summed E-state index contributed by atoms with van der Waals surface area (Å²) >= 11 is 0. The molecule has 23 heavy (non-hydrogen) atoms. The molecule has 2 amide bonds. The summed E-state index contributed by atoms with van der Waals surface area (Å²) in [6.07, 6.45) is 3.41. The lowest BCUT2D eigenvalue weighted by Gasteiger charge is -2.24. The van der Waals surface area contributed by atoms with Crippen molar-refractivity contribution < 1.29 is 23.9 Å². The predicted octanol–water partition coefficient (Wildman–Crippen LogP) is 1.44. The van der Waals surface area contributed by atoms with Crippen molar-refractivity contribution in [2.75, 3.05) is 4.90 Å². The lowest BCUT2D eigenvalue weighted by atomic mass is 9.78. The monoisotopic (exact) mass is 313 g/mol. The fourth-order valence-electron chi connectivity index (χ4n) is 3.74. The third kappa shape index (κ3) is 1.88. The van der Waals surface area contributed by atoms with Crippen molar-refractivity contribution in [3.63, 3.8) is 0 Å². The summed E-state index contributed by atoms with van der Waals surface area (Å²) in [6.45, 7) is 3.15. The van der Waals surface area contributed by atoms with Crippen LogP contribution in [-0.4, -0.2) is 29.5 Å². The summed E-state index contributed by atoms with van der Waals surface area (Å²) in [5.74, 6) is -1.46. The van der Waals surface area contributed by atoms with Gasteiger partial charge in [0.25, 0.3) is 0 Å². The van der Waals surface area contributed by atoms with Gasteiger partial charge in [-0.25, -0.2) is 4.90 Å². The molecule has 2 fully saturated rings. The molecule has 0 spiro atoms. The van der Waals surface area contributed by atoms with Crippen LogP contribution in [0.1, 0.15) is 13.8 Å². The first-order chi connectivity index (χ1) is 10.9.